The molecular formula is C18H32N2O2. The Hall–Kier alpha value is -0.610. The first-order valence-electron chi connectivity index (χ1n) is 9.38. The number of ether oxygens (including phenoxy) is 1. The molecule has 1 saturated carbocycles. The van der Waals surface area contributed by atoms with Crippen molar-refractivity contribution in [1.29, 1.82) is 0 Å². The number of nitrogens with one attached hydrogen (secondary N) is 1. The predicted molar refractivity (Wildman–Crippen MR) is 87.8 cm³/mol. The molecule has 4 heteroatoms. The monoisotopic (exact) mass is 308 g/mol. The summed E-state index contributed by atoms with van der Waals surface area (Å²) in [5.41, 5.74) is 0.251. The van der Waals surface area contributed by atoms with Crippen LogP contribution in [0.25, 0.3) is 0 Å². The smallest absolute Gasteiger partial charge is 0.220 e. The Kier molecular flexibility index (Phi) is 5.75. The van der Waals surface area contributed by atoms with Crippen molar-refractivity contribution in [1.82, 2.24) is 10.2 Å². The number of carbonyl (C=O) groups is 1. The number of rotatable bonds is 5. The van der Waals surface area contributed by atoms with E-state index in [-0.39, 0.29) is 11.4 Å². The molecule has 0 aromatic rings. The van der Waals surface area contributed by atoms with Gasteiger partial charge in [-0.2, -0.15) is 0 Å². The van der Waals surface area contributed by atoms with Gasteiger partial charge in [-0.15, -0.1) is 0 Å². The fourth-order valence-corrected chi connectivity index (χ4v) is 4.52. The zero-order valence-corrected chi connectivity index (χ0v) is 13.9. The minimum Gasteiger partial charge on any atom is -0.381 e. The molecular weight excluding hydrogens is 276 g/mol. The Bertz CT molecular complexity index is 354. The zero-order valence-electron chi connectivity index (χ0n) is 13.9. The summed E-state index contributed by atoms with van der Waals surface area (Å²) in [6.07, 6.45) is 12.3. The van der Waals surface area contributed by atoms with Crippen molar-refractivity contribution in [2.75, 3.05) is 32.8 Å². The molecule has 0 aromatic carbocycles. The number of nitrogens with zero attached hydrogens (tertiary/aromatic N) is 1. The molecule has 3 aliphatic rings. The fourth-order valence-electron chi connectivity index (χ4n) is 4.52. The average Bonchev–Trinajstić information content (AvgIpc) is 3.08. The molecule has 0 aromatic heterocycles. The van der Waals surface area contributed by atoms with Gasteiger partial charge >= 0.3 is 0 Å². The first kappa shape index (κ1) is 16.3. The van der Waals surface area contributed by atoms with Gasteiger partial charge in [0.15, 0.2) is 0 Å². The van der Waals surface area contributed by atoms with E-state index in [0.717, 1.165) is 26.2 Å². The summed E-state index contributed by atoms with van der Waals surface area (Å²) in [7, 11) is 0. The molecule has 2 aliphatic heterocycles. The average molecular weight is 308 g/mol. The van der Waals surface area contributed by atoms with Crippen LogP contribution >= 0.6 is 0 Å². The van der Waals surface area contributed by atoms with Crippen LogP contribution in [0.1, 0.15) is 64.2 Å². The van der Waals surface area contributed by atoms with E-state index in [1.54, 1.807) is 0 Å². The molecule has 0 bridgehead atoms. The number of likely N-dealkylation sites (tertiary alicyclic amines) is 1. The van der Waals surface area contributed by atoms with Crippen LogP contribution in [0.2, 0.25) is 0 Å². The summed E-state index contributed by atoms with van der Waals surface area (Å²) < 4.78 is 5.38. The van der Waals surface area contributed by atoms with E-state index >= 15 is 0 Å². The summed E-state index contributed by atoms with van der Waals surface area (Å²) in [5, 5.41) is 3.28. The quantitative estimate of drug-likeness (QED) is 0.849. The van der Waals surface area contributed by atoms with Gasteiger partial charge in [0.05, 0.1) is 0 Å². The van der Waals surface area contributed by atoms with E-state index in [9.17, 15) is 4.79 Å². The molecule has 1 amide bonds. The van der Waals surface area contributed by atoms with Gasteiger partial charge in [-0.05, 0) is 51.1 Å². The maximum Gasteiger partial charge on any atom is 0.220 e. The third kappa shape index (κ3) is 4.02. The van der Waals surface area contributed by atoms with E-state index in [2.05, 4.69) is 10.2 Å². The first-order valence-corrected chi connectivity index (χ1v) is 9.38. The molecule has 1 aliphatic carbocycles. The van der Waals surface area contributed by atoms with Crippen LogP contribution in [-0.4, -0.2) is 49.2 Å². The molecule has 2 saturated heterocycles. The molecule has 3 rings (SSSR count). The third-order valence-electron chi connectivity index (χ3n) is 5.92. The van der Waals surface area contributed by atoms with Crippen molar-refractivity contribution in [3.05, 3.63) is 0 Å². The Balaban J connectivity index is 1.53. The van der Waals surface area contributed by atoms with E-state index in [4.69, 9.17) is 4.74 Å². The van der Waals surface area contributed by atoms with E-state index in [1.165, 1.54) is 64.5 Å². The van der Waals surface area contributed by atoms with Crippen LogP contribution in [0.15, 0.2) is 0 Å². The fraction of sp³-hybridized carbons (Fsp3) is 0.944. The summed E-state index contributed by atoms with van der Waals surface area (Å²) in [6, 6.07) is 0. The minimum absolute atomic E-state index is 0.234. The molecule has 3 fully saturated rings. The van der Waals surface area contributed by atoms with Gasteiger partial charge in [-0.25, -0.2) is 0 Å². The van der Waals surface area contributed by atoms with E-state index in [1.807, 2.05) is 0 Å². The van der Waals surface area contributed by atoms with Gasteiger partial charge in [-0.1, -0.05) is 25.7 Å². The Morgan fingerprint density at radius 3 is 2.50 bits per heavy atom. The molecule has 22 heavy (non-hydrogen) atoms. The minimum atomic E-state index is 0.234. The normalized spacial score (nSPS) is 29.4. The standard InChI is InChI=1S/C18H32N2O2/c21-17(13-16-7-12-22-14-16)19-15-18(8-3-1-4-9-18)20-10-5-2-6-11-20/h16H,1-15H2,(H,19,21)/t16-/m0/s1. The topological polar surface area (TPSA) is 41.6 Å². The third-order valence-corrected chi connectivity index (χ3v) is 5.92. The SMILES string of the molecule is O=C(C[C@@H]1CCOC1)NCC1(N2CCCCC2)CCCCC1. The molecule has 1 atom stereocenters. The number of hydrogen-bond acceptors (Lipinski definition) is 3. The van der Waals surface area contributed by atoms with Gasteiger partial charge in [0.1, 0.15) is 0 Å². The highest BCUT2D eigenvalue weighted by Gasteiger charge is 2.38. The molecule has 126 valence electrons. The van der Waals surface area contributed by atoms with Gasteiger partial charge in [-0.3, -0.25) is 9.69 Å². The second-order valence-electron chi connectivity index (χ2n) is 7.54. The number of hydrogen-bond donors (Lipinski definition) is 1. The lowest BCUT2D eigenvalue weighted by atomic mass is 9.79. The van der Waals surface area contributed by atoms with Crippen molar-refractivity contribution >= 4 is 5.91 Å². The highest BCUT2D eigenvalue weighted by atomic mass is 16.5. The van der Waals surface area contributed by atoms with Gasteiger partial charge in [0.2, 0.25) is 5.91 Å². The number of piperidine rings is 1. The Labute approximate surface area is 135 Å². The van der Waals surface area contributed by atoms with Crippen molar-refractivity contribution in [2.45, 2.75) is 69.7 Å². The molecule has 0 unspecified atom stereocenters. The van der Waals surface area contributed by atoms with Crippen LogP contribution in [0.5, 0.6) is 0 Å². The molecule has 0 spiro atoms. The second kappa shape index (κ2) is 7.78. The van der Waals surface area contributed by atoms with Crippen LogP contribution in [0, 0.1) is 5.92 Å². The summed E-state index contributed by atoms with van der Waals surface area (Å²) in [4.78, 5) is 15.0. The van der Waals surface area contributed by atoms with Gasteiger partial charge in [0.25, 0.3) is 0 Å². The van der Waals surface area contributed by atoms with Crippen LogP contribution < -0.4 is 5.32 Å². The van der Waals surface area contributed by atoms with Gasteiger partial charge < -0.3 is 10.1 Å². The van der Waals surface area contributed by atoms with Crippen LogP contribution in [0.4, 0.5) is 0 Å². The number of carbonyl (C=O) groups excluding carboxylic acids is 1. The van der Waals surface area contributed by atoms with E-state index in [0.29, 0.717) is 12.3 Å². The summed E-state index contributed by atoms with van der Waals surface area (Å²) in [5.74, 6) is 0.676. The molecule has 0 radical (unpaired) electrons. The summed E-state index contributed by atoms with van der Waals surface area (Å²) in [6.45, 7) is 4.92. The number of amides is 1. The highest BCUT2D eigenvalue weighted by Crippen LogP contribution is 2.35. The highest BCUT2D eigenvalue weighted by molar-refractivity contribution is 5.76. The lowest BCUT2D eigenvalue weighted by Gasteiger charge is -2.48. The summed E-state index contributed by atoms with van der Waals surface area (Å²) >= 11 is 0. The predicted octanol–water partition coefficient (Wildman–Crippen LogP) is 2.72. The Morgan fingerprint density at radius 2 is 1.82 bits per heavy atom. The van der Waals surface area contributed by atoms with Crippen molar-refractivity contribution in [2.24, 2.45) is 5.92 Å². The lowest BCUT2D eigenvalue weighted by molar-refractivity contribution is -0.123. The second-order valence-corrected chi connectivity index (χ2v) is 7.54. The lowest BCUT2D eigenvalue weighted by Crippen LogP contribution is -2.58. The Morgan fingerprint density at radius 1 is 1.09 bits per heavy atom. The first-order chi connectivity index (χ1) is 10.8. The van der Waals surface area contributed by atoms with Crippen molar-refractivity contribution in [3.8, 4) is 0 Å². The van der Waals surface area contributed by atoms with Gasteiger partial charge in [0, 0.05) is 31.7 Å². The van der Waals surface area contributed by atoms with Crippen LogP contribution in [-0.2, 0) is 9.53 Å². The van der Waals surface area contributed by atoms with Crippen molar-refractivity contribution < 1.29 is 9.53 Å². The molecule has 4 nitrogen and oxygen atoms in total. The zero-order chi connectivity index (χ0) is 15.3. The largest absolute Gasteiger partial charge is 0.381 e. The molecule has 2 heterocycles. The van der Waals surface area contributed by atoms with Crippen molar-refractivity contribution in [3.63, 3.8) is 0 Å². The van der Waals surface area contributed by atoms with Crippen LogP contribution in [0.3, 0.4) is 0 Å². The molecule has 1 N–H and O–H groups in total. The van der Waals surface area contributed by atoms with E-state index < -0.39 is 0 Å². The maximum atomic E-state index is 12.3. The maximum absolute atomic E-state index is 12.3.